The van der Waals surface area contributed by atoms with E-state index in [9.17, 15) is 18.4 Å². The number of piperazine rings is 1. The van der Waals surface area contributed by atoms with Crippen molar-refractivity contribution in [1.29, 1.82) is 0 Å². The highest BCUT2D eigenvalue weighted by Gasteiger charge is 2.41. The third-order valence-electron chi connectivity index (χ3n) is 7.95. The number of benzene rings is 2. The molecular weight excluding hydrogens is 478 g/mol. The summed E-state index contributed by atoms with van der Waals surface area (Å²) in [6, 6.07) is 9.73. The smallest absolute Gasteiger partial charge is 0.320 e. The number of urea groups is 1. The van der Waals surface area contributed by atoms with Gasteiger partial charge in [-0.1, -0.05) is 6.07 Å². The van der Waals surface area contributed by atoms with E-state index in [-0.39, 0.29) is 17.8 Å². The number of likely N-dealkylation sites (N-methyl/N-ethyl adjacent to an activating group) is 1. The molecule has 4 heterocycles. The Labute approximate surface area is 213 Å². The predicted octanol–water partition coefficient (Wildman–Crippen LogP) is 3.64. The molecule has 6 rings (SSSR count). The van der Waals surface area contributed by atoms with Gasteiger partial charge >= 0.3 is 6.03 Å². The van der Waals surface area contributed by atoms with E-state index in [0.717, 1.165) is 51.3 Å². The molecule has 8 nitrogen and oxygen atoms in total. The molecule has 3 saturated heterocycles. The number of aromatic nitrogens is 1. The Bertz CT molecular complexity index is 1350. The van der Waals surface area contributed by atoms with Gasteiger partial charge in [0.2, 0.25) is 0 Å². The van der Waals surface area contributed by atoms with Gasteiger partial charge in [0.25, 0.3) is 5.91 Å². The first-order chi connectivity index (χ1) is 17.8. The molecule has 3 fully saturated rings. The molecule has 2 N–H and O–H groups in total. The topological polar surface area (TPSA) is 74.9 Å². The number of carbonyl (C=O) groups is 2. The number of nitrogens with zero attached hydrogens (tertiary/aromatic N) is 4. The Hall–Kier alpha value is -3.66. The van der Waals surface area contributed by atoms with Gasteiger partial charge in [-0.25, -0.2) is 13.6 Å². The van der Waals surface area contributed by atoms with E-state index in [1.165, 1.54) is 24.3 Å². The highest BCUT2D eigenvalue weighted by Crippen LogP contribution is 2.30. The summed E-state index contributed by atoms with van der Waals surface area (Å²) in [5, 5.41) is 3.11. The summed E-state index contributed by atoms with van der Waals surface area (Å²) in [5.74, 6) is -1.30. The molecule has 3 aromatic rings. The Morgan fingerprint density at radius 1 is 1.03 bits per heavy atom. The van der Waals surface area contributed by atoms with Crippen LogP contribution in [0.3, 0.4) is 0 Å². The first kappa shape index (κ1) is 23.7. The normalized spacial score (nSPS) is 22.3. The minimum Gasteiger partial charge on any atom is -0.370 e. The Morgan fingerprint density at radius 3 is 2.68 bits per heavy atom. The molecule has 0 saturated carbocycles. The van der Waals surface area contributed by atoms with Crippen molar-refractivity contribution < 1.29 is 18.4 Å². The van der Waals surface area contributed by atoms with E-state index in [2.05, 4.69) is 20.1 Å². The number of carbonyl (C=O) groups excluding carboxylic acids is 2. The quantitative estimate of drug-likeness (QED) is 0.565. The number of hydrogen-bond acceptors (Lipinski definition) is 4. The number of aryl methyl sites for hydroxylation is 1. The molecular formula is C27H30F2N6O2. The van der Waals surface area contributed by atoms with Crippen molar-refractivity contribution in [3.8, 4) is 0 Å². The highest BCUT2D eigenvalue weighted by molar-refractivity contribution is 6.06. The number of halogens is 2. The maximum Gasteiger partial charge on any atom is 0.320 e. The number of fused-ring (bicyclic) bond motifs is 2. The fourth-order valence-electron chi connectivity index (χ4n) is 5.98. The summed E-state index contributed by atoms with van der Waals surface area (Å²) in [6.07, 6.45) is 0.953. The number of rotatable bonds is 4. The molecule has 0 unspecified atom stereocenters. The van der Waals surface area contributed by atoms with E-state index in [4.69, 9.17) is 0 Å². The van der Waals surface area contributed by atoms with Crippen molar-refractivity contribution in [2.45, 2.75) is 25.4 Å². The number of anilines is 2. The highest BCUT2D eigenvalue weighted by atomic mass is 19.1. The number of H-pyrrole nitrogens is 1. The molecule has 0 spiro atoms. The van der Waals surface area contributed by atoms with Crippen molar-refractivity contribution >= 4 is 34.2 Å². The lowest BCUT2D eigenvalue weighted by molar-refractivity contribution is 0.0947. The fraction of sp³-hybridized carbons (Fsp3) is 0.407. The van der Waals surface area contributed by atoms with E-state index >= 15 is 0 Å². The molecule has 3 aliphatic heterocycles. The minimum absolute atomic E-state index is 0.111. The number of amides is 3. The summed E-state index contributed by atoms with van der Waals surface area (Å²) in [4.78, 5) is 36.5. The molecule has 194 valence electrons. The lowest BCUT2D eigenvalue weighted by Crippen LogP contribution is -2.55. The van der Waals surface area contributed by atoms with Gasteiger partial charge in [-0.05, 0) is 49.2 Å². The fourth-order valence-corrected chi connectivity index (χ4v) is 5.98. The Kier molecular flexibility index (Phi) is 5.78. The van der Waals surface area contributed by atoms with Crippen molar-refractivity contribution in [2.24, 2.45) is 0 Å². The van der Waals surface area contributed by atoms with Crippen molar-refractivity contribution in [2.75, 3.05) is 56.5 Å². The molecule has 3 amide bonds. The largest absolute Gasteiger partial charge is 0.370 e. The van der Waals surface area contributed by atoms with Crippen LogP contribution in [-0.4, -0.2) is 90.0 Å². The zero-order valence-electron chi connectivity index (χ0n) is 20.9. The first-order valence-electron chi connectivity index (χ1n) is 12.7. The molecule has 10 heteroatoms. The van der Waals surface area contributed by atoms with E-state index in [1.54, 1.807) is 17.0 Å². The molecule has 0 radical (unpaired) electrons. The Morgan fingerprint density at radius 2 is 1.86 bits per heavy atom. The monoisotopic (exact) mass is 508 g/mol. The van der Waals surface area contributed by atoms with Gasteiger partial charge < -0.3 is 25.0 Å². The van der Waals surface area contributed by atoms with Gasteiger partial charge in [-0.2, -0.15) is 0 Å². The summed E-state index contributed by atoms with van der Waals surface area (Å²) in [7, 11) is 1.85. The maximum absolute atomic E-state index is 14.6. The standard InChI is InChI=1S/C27H30F2N6O2/c1-16-3-4-23(29)22-12-24(31-25(16)22)26(36)30-18-9-17(28)10-20(11-18)33-6-5-19(14-33)34-7-8-35-21(15-34)13-32(2)27(35)37/h3-4,9-12,19,21,31H,5-8,13-15H2,1-2H3,(H,30,36)/t19-,21+/m1/s1. The van der Waals surface area contributed by atoms with Crippen molar-refractivity contribution in [3.05, 3.63) is 59.3 Å². The second kappa shape index (κ2) is 9.02. The van der Waals surface area contributed by atoms with Crippen LogP contribution >= 0.6 is 0 Å². The molecule has 0 bridgehead atoms. The third kappa shape index (κ3) is 4.29. The lowest BCUT2D eigenvalue weighted by atomic mass is 10.1. The zero-order valence-corrected chi connectivity index (χ0v) is 20.9. The summed E-state index contributed by atoms with van der Waals surface area (Å²) < 4.78 is 28.8. The van der Waals surface area contributed by atoms with Crippen LogP contribution in [0.15, 0.2) is 36.4 Å². The number of hydrogen-bond donors (Lipinski definition) is 2. The molecule has 0 aliphatic carbocycles. The minimum atomic E-state index is -0.459. The Balaban J connectivity index is 1.14. The zero-order chi connectivity index (χ0) is 25.8. The van der Waals surface area contributed by atoms with Gasteiger partial charge in [0.05, 0.1) is 11.6 Å². The van der Waals surface area contributed by atoms with Gasteiger partial charge in [0, 0.05) is 69.1 Å². The van der Waals surface area contributed by atoms with Crippen LogP contribution in [0.4, 0.5) is 25.0 Å². The summed E-state index contributed by atoms with van der Waals surface area (Å²) >= 11 is 0. The van der Waals surface area contributed by atoms with Gasteiger partial charge in [-0.3, -0.25) is 9.69 Å². The molecule has 3 aliphatic rings. The molecule has 2 aromatic carbocycles. The van der Waals surface area contributed by atoms with E-state index < -0.39 is 17.5 Å². The van der Waals surface area contributed by atoms with Crippen LogP contribution in [-0.2, 0) is 0 Å². The molecule has 2 atom stereocenters. The van der Waals surface area contributed by atoms with Gasteiger partial charge in [0.1, 0.15) is 17.3 Å². The number of nitrogens with one attached hydrogen (secondary N) is 2. The van der Waals surface area contributed by atoms with Crippen molar-refractivity contribution in [1.82, 2.24) is 19.7 Å². The van der Waals surface area contributed by atoms with Crippen LogP contribution in [0.2, 0.25) is 0 Å². The van der Waals surface area contributed by atoms with Crippen LogP contribution in [0.5, 0.6) is 0 Å². The SMILES string of the molecule is Cc1ccc(F)c2cc(C(=O)Nc3cc(F)cc(N4CC[C@@H](N5CCN6C(=O)N(C)C[C@H]6C5)C4)c3)[nH]c12. The maximum atomic E-state index is 14.6. The van der Waals surface area contributed by atoms with Crippen LogP contribution in [0.1, 0.15) is 22.5 Å². The second-order valence-electron chi connectivity index (χ2n) is 10.4. The van der Waals surface area contributed by atoms with Crippen LogP contribution in [0.25, 0.3) is 10.9 Å². The van der Waals surface area contributed by atoms with Crippen LogP contribution in [0, 0.1) is 18.6 Å². The summed E-state index contributed by atoms with van der Waals surface area (Å²) in [5.41, 5.74) is 2.68. The second-order valence-corrected chi connectivity index (χ2v) is 10.4. The van der Waals surface area contributed by atoms with E-state index in [1.807, 2.05) is 18.9 Å². The van der Waals surface area contributed by atoms with E-state index in [0.29, 0.717) is 28.3 Å². The lowest BCUT2D eigenvalue weighted by Gasteiger charge is -2.39. The van der Waals surface area contributed by atoms with Gasteiger partial charge in [0.15, 0.2) is 0 Å². The average molecular weight is 509 g/mol. The van der Waals surface area contributed by atoms with Crippen molar-refractivity contribution in [3.63, 3.8) is 0 Å². The number of aromatic amines is 1. The first-order valence-corrected chi connectivity index (χ1v) is 12.7. The summed E-state index contributed by atoms with van der Waals surface area (Å²) in [6.45, 7) is 6.56. The van der Waals surface area contributed by atoms with Gasteiger partial charge in [-0.15, -0.1) is 0 Å². The average Bonchev–Trinajstić information content (AvgIpc) is 3.60. The third-order valence-corrected chi connectivity index (χ3v) is 7.95. The van der Waals surface area contributed by atoms with Crippen LogP contribution < -0.4 is 10.2 Å². The predicted molar refractivity (Wildman–Crippen MR) is 138 cm³/mol. The molecule has 37 heavy (non-hydrogen) atoms. The molecule has 1 aromatic heterocycles.